The molecule has 20 heavy (non-hydrogen) atoms. The van der Waals surface area contributed by atoms with E-state index in [0.29, 0.717) is 24.8 Å². The molecule has 0 aliphatic heterocycles. The van der Waals surface area contributed by atoms with Gasteiger partial charge in [-0.2, -0.15) is 0 Å². The molecule has 0 aliphatic rings. The van der Waals surface area contributed by atoms with Crippen molar-refractivity contribution < 1.29 is 9.13 Å². The van der Waals surface area contributed by atoms with Crippen LogP contribution in [0.2, 0.25) is 0 Å². The lowest BCUT2D eigenvalue weighted by Crippen LogP contribution is -2.06. The zero-order valence-corrected chi connectivity index (χ0v) is 11.7. The van der Waals surface area contributed by atoms with Crippen LogP contribution in [0.5, 0.6) is 5.75 Å². The quantitative estimate of drug-likeness (QED) is 0.822. The number of ether oxygens (including phenoxy) is 1. The number of benzene rings is 1. The maximum absolute atomic E-state index is 13.9. The molecule has 1 aromatic heterocycles. The van der Waals surface area contributed by atoms with Gasteiger partial charge in [-0.15, -0.1) is 6.58 Å². The minimum absolute atomic E-state index is 0.258. The summed E-state index contributed by atoms with van der Waals surface area (Å²) in [5.41, 5.74) is 1.55. The smallest absolute Gasteiger partial charge is 0.207 e. The van der Waals surface area contributed by atoms with Gasteiger partial charge in [0.05, 0.1) is 18.0 Å². The van der Waals surface area contributed by atoms with Crippen LogP contribution in [0, 0.1) is 12.7 Å². The number of nitrogens with zero attached hydrogens (tertiary/aromatic N) is 2. The Morgan fingerprint density at radius 2 is 2.30 bits per heavy atom. The molecule has 0 atom stereocenters. The van der Waals surface area contributed by atoms with Gasteiger partial charge in [0.15, 0.2) is 11.6 Å². The molecule has 0 aliphatic carbocycles. The van der Waals surface area contributed by atoms with E-state index in [1.54, 1.807) is 22.8 Å². The fraction of sp³-hybridized carbons (Fsp3) is 0.267. The number of halogens is 1. The van der Waals surface area contributed by atoms with Crippen LogP contribution in [-0.2, 0) is 0 Å². The van der Waals surface area contributed by atoms with Crippen molar-refractivity contribution in [1.29, 1.82) is 0 Å². The molecule has 0 unspecified atom stereocenters. The SMILES string of the molecule is C=CCNc1nc(C)cn1-c1ccc(OCC)c(F)c1. The van der Waals surface area contributed by atoms with Crippen molar-refractivity contribution in [2.45, 2.75) is 13.8 Å². The number of nitrogens with one attached hydrogen (secondary N) is 1. The lowest BCUT2D eigenvalue weighted by atomic mass is 10.3. The first-order valence-electron chi connectivity index (χ1n) is 6.49. The lowest BCUT2D eigenvalue weighted by molar-refractivity contribution is 0.321. The second-order valence-electron chi connectivity index (χ2n) is 4.29. The van der Waals surface area contributed by atoms with Crippen LogP contribution in [0.25, 0.3) is 5.69 Å². The van der Waals surface area contributed by atoms with Crippen LogP contribution in [0.1, 0.15) is 12.6 Å². The van der Waals surface area contributed by atoms with Gasteiger partial charge in [-0.3, -0.25) is 4.57 Å². The van der Waals surface area contributed by atoms with Crippen LogP contribution in [0.15, 0.2) is 37.1 Å². The van der Waals surface area contributed by atoms with E-state index in [9.17, 15) is 4.39 Å². The summed E-state index contributed by atoms with van der Waals surface area (Å²) in [6.07, 6.45) is 3.59. The van der Waals surface area contributed by atoms with Crippen molar-refractivity contribution in [3.05, 3.63) is 48.6 Å². The van der Waals surface area contributed by atoms with E-state index >= 15 is 0 Å². The van der Waals surface area contributed by atoms with Gasteiger partial charge >= 0.3 is 0 Å². The van der Waals surface area contributed by atoms with Gasteiger partial charge in [0.1, 0.15) is 0 Å². The van der Waals surface area contributed by atoms with Gasteiger partial charge < -0.3 is 10.1 Å². The van der Waals surface area contributed by atoms with Crippen LogP contribution < -0.4 is 10.1 Å². The van der Waals surface area contributed by atoms with Gasteiger partial charge in [0, 0.05) is 18.8 Å². The number of hydrogen-bond acceptors (Lipinski definition) is 3. The number of aryl methyl sites for hydroxylation is 1. The highest BCUT2D eigenvalue weighted by Crippen LogP contribution is 2.23. The Balaban J connectivity index is 2.35. The highest BCUT2D eigenvalue weighted by molar-refractivity contribution is 5.46. The molecule has 0 spiro atoms. The minimum atomic E-state index is -0.384. The first-order valence-corrected chi connectivity index (χ1v) is 6.49. The number of anilines is 1. The summed E-state index contributed by atoms with van der Waals surface area (Å²) in [6, 6.07) is 4.86. The van der Waals surface area contributed by atoms with E-state index in [2.05, 4.69) is 16.9 Å². The Morgan fingerprint density at radius 1 is 1.50 bits per heavy atom. The molecule has 0 bridgehead atoms. The molecule has 2 aromatic rings. The summed E-state index contributed by atoms with van der Waals surface area (Å²) >= 11 is 0. The number of rotatable bonds is 6. The summed E-state index contributed by atoms with van der Waals surface area (Å²) < 4.78 is 20.9. The molecule has 0 amide bonds. The second-order valence-corrected chi connectivity index (χ2v) is 4.29. The largest absolute Gasteiger partial charge is 0.491 e. The monoisotopic (exact) mass is 275 g/mol. The summed E-state index contributed by atoms with van der Waals surface area (Å²) in [4.78, 5) is 4.36. The third kappa shape index (κ3) is 2.99. The van der Waals surface area contributed by atoms with E-state index in [0.717, 1.165) is 5.69 Å². The Bertz CT molecular complexity index is 607. The molecule has 0 saturated carbocycles. The molecule has 0 radical (unpaired) electrons. The summed E-state index contributed by atoms with van der Waals surface area (Å²) in [5, 5.41) is 3.12. The van der Waals surface area contributed by atoms with Crippen molar-refractivity contribution in [2.24, 2.45) is 0 Å². The average molecular weight is 275 g/mol. The molecule has 1 N–H and O–H groups in total. The van der Waals surface area contributed by atoms with Crippen LogP contribution in [0.3, 0.4) is 0 Å². The molecule has 106 valence electrons. The maximum atomic E-state index is 13.9. The summed E-state index contributed by atoms with van der Waals surface area (Å²) in [5.74, 6) is 0.532. The van der Waals surface area contributed by atoms with E-state index in [1.165, 1.54) is 6.07 Å². The third-order valence-electron chi connectivity index (χ3n) is 2.72. The van der Waals surface area contributed by atoms with E-state index in [-0.39, 0.29) is 11.6 Å². The summed E-state index contributed by atoms with van der Waals surface area (Å²) in [6.45, 7) is 8.40. The molecule has 4 nitrogen and oxygen atoms in total. The summed E-state index contributed by atoms with van der Waals surface area (Å²) in [7, 11) is 0. The van der Waals surface area contributed by atoms with Crippen molar-refractivity contribution >= 4 is 5.95 Å². The van der Waals surface area contributed by atoms with Gasteiger partial charge in [-0.1, -0.05) is 6.08 Å². The fourth-order valence-corrected chi connectivity index (χ4v) is 1.89. The molecule has 0 saturated heterocycles. The average Bonchev–Trinajstić information content (AvgIpc) is 2.80. The topological polar surface area (TPSA) is 39.1 Å². The molecule has 5 heteroatoms. The highest BCUT2D eigenvalue weighted by Gasteiger charge is 2.10. The fourth-order valence-electron chi connectivity index (χ4n) is 1.89. The molecular formula is C15H18FN3O. The van der Waals surface area contributed by atoms with E-state index in [4.69, 9.17) is 4.74 Å². The van der Waals surface area contributed by atoms with Crippen LogP contribution >= 0.6 is 0 Å². The highest BCUT2D eigenvalue weighted by atomic mass is 19.1. The first-order chi connectivity index (χ1) is 9.65. The van der Waals surface area contributed by atoms with E-state index in [1.807, 2.05) is 20.0 Å². The minimum Gasteiger partial charge on any atom is -0.491 e. The Morgan fingerprint density at radius 3 is 2.95 bits per heavy atom. The first kappa shape index (κ1) is 14.1. The van der Waals surface area contributed by atoms with Gasteiger partial charge in [0.25, 0.3) is 0 Å². The molecule has 2 rings (SSSR count). The third-order valence-corrected chi connectivity index (χ3v) is 2.72. The van der Waals surface area contributed by atoms with Crippen LogP contribution in [-0.4, -0.2) is 22.7 Å². The van der Waals surface area contributed by atoms with Gasteiger partial charge in [-0.05, 0) is 26.0 Å². The molecule has 1 aromatic carbocycles. The molecule has 1 heterocycles. The Hall–Kier alpha value is -2.30. The Kier molecular flexibility index (Phi) is 4.40. The standard InChI is InChI=1S/C15H18FN3O/c1-4-8-17-15-18-11(3)10-19(15)12-6-7-14(20-5-2)13(16)9-12/h4,6-7,9-10H,1,5,8H2,2-3H3,(H,17,18). The van der Waals surface area contributed by atoms with Crippen molar-refractivity contribution in [3.8, 4) is 11.4 Å². The molecular weight excluding hydrogens is 257 g/mol. The number of aromatic nitrogens is 2. The number of imidazole rings is 1. The van der Waals surface area contributed by atoms with E-state index < -0.39 is 0 Å². The zero-order chi connectivity index (χ0) is 14.5. The second kappa shape index (κ2) is 6.23. The lowest BCUT2D eigenvalue weighted by Gasteiger charge is -2.10. The number of hydrogen-bond donors (Lipinski definition) is 1. The van der Waals surface area contributed by atoms with Crippen molar-refractivity contribution in [1.82, 2.24) is 9.55 Å². The Labute approximate surface area is 117 Å². The predicted molar refractivity (Wildman–Crippen MR) is 78.1 cm³/mol. The normalized spacial score (nSPS) is 10.3. The predicted octanol–water partition coefficient (Wildman–Crippen LogP) is 3.32. The van der Waals surface area contributed by atoms with Crippen molar-refractivity contribution in [3.63, 3.8) is 0 Å². The molecule has 0 fully saturated rings. The van der Waals surface area contributed by atoms with Crippen molar-refractivity contribution in [2.75, 3.05) is 18.5 Å². The van der Waals surface area contributed by atoms with Gasteiger partial charge in [0.2, 0.25) is 5.95 Å². The van der Waals surface area contributed by atoms with Crippen LogP contribution in [0.4, 0.5) is 10.3 Å². The maximum Gasteiger partial charge on any atom is 0.207 e. The zero-order valence-electron chi connectivity index (χ0n) is 11.7. The van der Waals surface area contributed by atoms with Gasteiger partial charge in [-0.25, -0.2) is 9.37 Å².